The average Bonchev–Trinajstić information content (AvgIpc) is 3.09. The van der Waals surface area contributed by atoms with Gasteiger partial charge in [-0.15, -0.1) is 23.2 Å². The van der Waals surface area contributed by atoms with Gasteiger partial charge in [0.25, 0.3) is 0 Å². The smallest absolute Gasteiger partial charge is 0.231 e. The summed E-state index contributed by atoms with van der Waals surface area (Å²) in [5, 5.41) is 0. The van der Waals surface area contributed by atoms with E-state index in [-0.39, 0.29) is 5.91 Å². The molecule has 1 heterocycles. The molecule has 2 fully saturated rings. The average molecular weight is 371 g/mol. The van der Waals surface area contributed by atoms with Crippen LogP contribution in [0.15, 0.2) is 24.3 Å². The quantitative estimate of drug-likeness (QED) is 0.745. The number of rotatable bonds is 5. The molecule has 2 aliphatic rings. The second-order valence-electron chi connectivity index (χ2n) is 6.86. The maximum Gasteiger partial charge on any atom is 0.231 e. The molecule has 0 spiro atoms. The summed E-state index contributed by atoms with van der Waals surface area (Å²) in [5.41, 5.74) is 0.654. The molecule has 1 saturated heterocycles. The highest BCUT2D eigenvalue weighted by atomic mass is 35.5. The van der Waals surface area contributed by atoms with Crippen LogP contribution >= 0.6 is 23.2 Å². The summed E-state index contributed by atoms with van der Waals surface area (Å²) in [7, 11) is 0. The third kappa shape index (κ3) is 3.51. The number of piperazine rings is 1. The minimum atomic E-state index is -0.885. The van der Waals surface area contributed by atoms with Crippen molar-refractivity contribution in [2.45, 2.75) is 31.1 Å². The lowest BCUT2D eigenvalue weighted by Gasteiger charge is -2.36. The van der Waals surface area contributed by atoms with Crippen molar-refractivity contribution in [1.82, 2.24) is 9.80 Å². The highest BCUT2D eigenvalue weighted by molar-refractivity contribution is 6.53. The minimum absolute atomic E-state index is 0.0909. The molecule has 1 saturated carbocycles. The lowest BCUT2D eigenvalue weighted by molar-refractivity contribution is -0.138. The maximum absolute atomic E-state index is 12.6. The number of carbonyl (C=O) groups excluding carboxylic acids is 1. The third-order valence-electron chi connectivity index (χ3n) is 5.03. The molecule has 1 aliphatic heterocycles. The number of nitrogens with zero attached hydrogens (tertiary/aromatic N) is 2. The fourth-order valence-electron chi connectivity index (χ4n) is 3.21. The van der Waals surface area contributed by atoms with Gasteiger partial charge >= 0.3 is 0 Å². The molecular weight excluding hydrogens is 347 g/mol. The van der Waals surface area contributed by atoms with Crippen LogP contribution in [0.25, 0.3) is 0 Å². The van der Waals surface area contributed by atoms with Crippen LogP contribution in [0.3, 0.4) is 0 Å². The van der Waals surface area contributed by atoms with Gasteiger partial charge in [-0.1, -0.05) is 12.1 Å². The van der Waals surface area contributed by atoms with E-state index < -0.39 is 9.75 Å². The maximum atomic E-state index is 12.6. The predicted octanol–water partition coefficient (Wildman–Crippen LogP) is 3.31. The van der Waals surface area contributed by atoms with Crippen molar-refractivity contribution in [3.8, 4) is 5.75 Å². The first kappa shape index (κ1) is 17.8. The van der Waals surface area contributed by atoms with E-state index >= 15 is 0 Å². The molecule has 6 heteroatoms. The largest absolute Gasteiger partial charge is 0.494 e. The molecule has 0 radical (unpaired) electrons. The van der Waals surface area contributed by atoms with Gasteiger partial charge in [0.2, 0.25) is 5.91 Å². The van der Waals surface area contributed by atoms with Gasteiger partial charge < -0.3 is 9.64 Å². The van der Waals surface area contributed by atoms with Gasteiger partial charge in [0.15, 0.2) is 0 Å². The summed E-state index contributed by atoms with van der Waals surface area (Å²) in [6, 6.07) is 8.21. The molecule has 4 nitrogen and oxygen atoms in total. The molecule has 1 aliphatic carbocycles. The van der Waals surface area contributed by atoms with E-state index in [1.54, 1.807) is 0 Å². The van der Waals surface area contributed by atoms with E-state index in [4.69, 9.17) is 27.9 Å². The molecule has 3 rings (SSSR count). The summed E-state index contributed by atoms with van der Waals surface area (Å²) in [6.45, 7) is 8.61. The summed E-state index contributed by atoms with van der Waals surface area (Å²) in [4.78, 5) is 16.9. The van der Waals surface area contributed by atoms with Crippen LogP contribution in [0.4, 0.5) is 0 Å². The van der Waals surface area contributed by atoms with Crippen molar-refractivity contribution in [1.29, 1.82) is 0 Å². The van der Waals surface area contributed by atoms with Gasteiger partial charge in [-0.05, 0) is 38.0 Å². The zero-order chi connectivity index (χ0) is 17.4. The van der Waals surface area contributed by atoms with Crippen molar-refractivity contribution in [3.05, 3.63) is 29.8 Å². The van der Waals surface area contributed by atoms with Gasteiger partial charge in [0.05, 0.1) is 12.0 Å². The van der Waals surface area contributed by atoms with Crippen LogP contribution in [0.2, 0.25) is 0 Å². The van der Waals surface area contributed by atoms with Crippen LogP contribution in [-0.4, -0.2) is 52.8 Å². The summed E-state index contributed by atoms with van der Waals surface area (Å²) >= 11 is 12.3. The van der Waals surface area contributed by atoms with Gasteiger partial charge in [0, 0.05) is 32.7 Å². The molecule has 24 heavy (non-hydrogen) atoms. The van der Waals surface area contributed by atoms with E-state index in [0.29, 0.717) is 13.0 Å². The van der Waals surface area contributed by atoms with Gasteiger partial charge in [-0.25, -0.2) is 0 Å². The third-order valence-corrected chi connectivity index (χ3v) is 6.13. The number of hydrogen-bond acceptors (Lipinski definition) is 3. The Kier molecular flexibility index (Phi) is 5.01. The zero-order valence-corrected chi connectivity index (χ0v) is 15.7. The van der Waals surface area contributed by atoms with Crippen molar-refractivity contribution in [2.24, 2.45) is 5.41 Å². The standard InChI is InChI=1S/C18H24Cl2N2O2/c1-3-24-15-6-4-14(5-7-15)12-21-8-10-22(11-9-21)16(23)17(2)13-18(17,19)20/h4-7H,3,8-13H2,1-2H3. The molecule has 0 N–H and O–H groups in total. The number of benzene rings is 1. The summed E-state index contributed by atoms with van der Waals surface area (Å²) in [5.74, 6) is 0.994. The van der Waals surface area contributed by atoms with Crippen LogP contribution < -0.4 is 4.74 Å². The first-order valence-electron chi connectivity index (χ1n) is 8.47. The highest BCUT2D eigenvalue weighted by Gasteiger charge is 2.68. The fourth-order valence-corrected chi connectivity index (χ4v) is 3.90. The number of hydrogen-bond donors (Lipinski definition) is 0. The van der Waals surface area contributed by atoms with E-state index in [1.807, 2.05) is 30.9 Å². The minimum Gasteiger partial charge on any atom is -0.494 e. The Morgan fingerprint density at radius 1 is 1.17 bits per heavy atom. The normalized spacial score (nSPS) is 26.2. The lowest BCUT2D eigenvalue weighted by atomic mass is 10.1. The molecule has 0 bridgehead atoms. The van der Waals surface area contributed by atoms with Crippen molar-refractivity contribution < 1.29 is 9.53 Å². The second kappa shape index (κ2) is 6.74. The molecule has 1 atom stereocenters. The topological polar surface area (TPSA) is 32.8 Å². The van der Waals surface area contributed by atoms with E-state index in [9.17, 15) is 4.79 Å². The molecule has 1 aromatic rings. The Bertz CT molecular complexity index is 598. The molecular formula is C18H24Cl2N2O2. The molecule has 132 valence electrons. The zero-order valence-electron chi connectivity index (χ0n) is 14.2. The number of carbonyl (C=O) groups is 1. The van der Waals surface area contributed by atoms with Gasteiger partial charge in [-0.2, -0.15) is 0 Å². The lowest BCUT2D eigenvalue weighted by Crippen LogP contribution is -2.50. The number of alkyl halides is 2. The number of ether oxygens (including phenoxy) is 1. The van der Waals surface area contributed by atoms with Crippen LogP contribution in [0, 0.1) is 5.41 Å². The molecule has 1 unspecified atom stereocenters. The van der Waals surface area contributed by atoms with Crippen molar-refractivity contribution in [3.63, 3.8) is 0 Å². The first-order valence-corrected chi connectivity index (χ1v) is 9.22. The van der Waals surface area contributed by atoms with Crippen LogP contribution in [0.5, 0.6) is 5.75 Å². The van der Waals surface area contributed by atoms with Crippen LogP contribution in [-0.2, 0) is 11.3 Å². The van der Waals surface area contributed by atoms with Crippen molar-refractivity contribution in [2.75, 3.05) is 32.8 Å². The monoisotopic (exact) mass is 370 g/mol. The first-order chi connectivity index (χ1) is 11.4. The summed E-state index contributed by atoms with van der Waals surface area (Å²) in [6.07, 6.45) is 0.550. The second-order valence-corrected chi connectivity index (χ2v) is 8.34. The Morgan fingerprint density at radius 2 is 1.75 bits per heavy atom. The van der Waals surface area contributed by atoms with E-state index in [0.717, 1.165) is 38.5 Å². The van der Waals surface area contributed by atoms with Gasteiger partial charge in [-0.3, -0.25) is 9.69 Å². The number of amides is 1. The Balaban J connectivity index is 1.49. The molecule has 1 aromatic carbocycles. The van der Waals surface area contributed by atoms with E-state index in [1.165, 1.54) is 5.56 Å². The SMILES string of the molecule is CCOc1ccc(CN2CCN(C(=O)C3(C)CC3(Cl)Cl)CC2)cc1. The predicted molar refractivity (Wildman–Crippen MR) is 96.6 cm³/mol. The molecule has 1 amide bonds. The molecule has 0 aromatic heterocycles. The van der Waals surface area contributed by atoms with Crippen LogP contribution in [0.1, 0.15) is 25.8 Å². The number of halogens is 2. The highest BCUT2D eigenvalue weighted by Crippen LogP contribution is 2.64. The Hall–Kier alpha value is -0.970. The van der Waals surface area contributed by atoms with E-state index in [2.05, 4.69) is 17.0 Å². The van der Waals surface area contributed by atoms with Gasteiger partial charge in [0.1, 0.15) is 10.1 Å². The fraction of sp³-hybridized carbons (Fsp3) is 0.611. The Labute approximate surface area is 153 Å². The summed E-state index contributed by atoms with van der Waals surface area (Å²) < 4.78 is 4.58. The Morgan fingerprint density at radius 3 is 2.25 bits per heavy atom. The van der Waals surface area contributed by atoms with Crippen molar-refractivity contribution >= 4 is 29.1 Å².